The third-order valence-electron chi connectivity index (χ3n) is 3.72. The number of benzene rings is 1. The molecule has 2 nitrogen and oxygen atoms in total. The Kier molecular flexibility index (Phi) is 2.23. The number of ketones is 1. The summed E-state index contributed by atoms with van der Waals surface area (Å²) in [5.41, 5.74) is 2.59. The van der Waals surface area contributed by atoms with Crippen LogP contribution in [0.1, 0.15) is 48.2 Å². The molecule has 1 aromatic rings. The largest absolute Gasteiger partial charge is 0.352 e. The SMILES string of the molecule is C=C(C)CCCC12OC1c1ccccc1C2=O. The Morgan fingerprint density at radius 3 is 2.94 bits per heavy atom. The van der Waals surface area contributed by atoms with Crippen LogP contribution >= 0.6 is 0 Å². The van der Waals surface area contributed by atoms with Crippen LogP contribution in [0.15, 0.2) is 36.4 Å². The molecule has 2 aliphatic rings. The minimum Gasteiger partial charge on any atom is -0.352 e. The van der Waals surface area contributed by atoms with Gasteiger partial charge in [0.1, 0.15) is 6.10 Å². The van der Waals surface area contributed by atoms with Crippen LogP contribution in [0.3, 0.4) is 0 Å². The average Bonchev–Trinajstić information content (AvgIpc) is 2.98. The van der Waals surface area contributed by atoms with E-state index in [4.69, 9.17) is 4.74 Å². The van der Waals surface area contributed by atoms with Gasteiger partial charge in [-0.1, -0.05) is 29.8 Å². The lowest BCUT2D eigenvalue weighted by atomic mass is 9.96. The van der Waals surface area contributed by atoms with Gasteiger partial charge in [0.2, 0.25) is 0 Å². The van der Waals surface area contributed by atoms with E-state index < -0.39 is 5.60 Å². The predicted molar refractivity (Wildman–Crippen MR) is 66.0 cm³/mol. The first-order valence-corrected chi connectivity index (χ1v) is 6.11. The van der Waals surface area contributed by atoms with Crippen molar-refractivity contribution in [3.63, 3.8) is 0 Å². The molecule has 0 saturated carbocycles. The molecule has 1 aliphatic carbocycles. The lowest BCUT2D eigenvalue weighted by Crippen LogP contribution is -2.21. The smallest absolute Gasteiger partial charge is 0.198 e. The number of allylic oxidation sites excluding steroid dienone is 1. The van der Waals surface area contributed by atoms with Crippen molar-refractivity contribution >= 4 is 5.78 Å². The van der Waals surface area contributed by atoms with Crippen LogP contribution in [0.2, 0.25) is 0 Å². The summed E-state index contributed by atoms with van der Waals surface area (Å²) in [6.07, 6.45) is 2.79. The van der Waals surface area contributed by atoms with E-state index in [1.54, 1.807) is 0 Å². The van der Waals surface area contributed by atoms with Crippen LogP contribution in [0.25, 0.3) is 0 Å². The Balaban J connectivity index is 1.77. The summed E-state index contributed by atoms with van der Waals surface area (Å²) in [5, 5.41) is 0. The second-order valence-corrected chi connectivity index (χ2v) is 5.11. The Labute approximate surface area is 101 Å². The maximum absolute atomic E-state index is 12.3. The van der Waals surface area contributed by atoms with Crippen molar-refractivity contribution < 1.29 is 9.53 Å². The molecule has 3 rings (SSSR count). The van der Waals surface area contributed by atoms with E-state index >= 15 is 0 Å². The number of hydrogen-bond acceptors (Lipinski definition) is 2. The molecule has 2 heteroatoms. The summed E-state index contributed by atoms with van der Waals surface area (Å²) in [6.45, 7) is 5.91. The highest BCUT2D eigenvalue weighted by molar-refractivity contribution is 6.10. The second-order valence-electron chi connectivity index (χ2n) is 5.11. The first kappa shape index (κ1) is 10.7. The van der Waals surface area contributed by atoms with Gasteiger partial charge in [0.15, 0.2) is 11.4 Å². The summed E-state index contributed by atoms with van der Waals surface area (Å²) in [6, 6.07) is 7.81. The van der Waals surface area contributed by atoms with Gasteiger partial charge >= 0.3 is 0 Å². The number of hydrogen-bond donors (Lipinski definition) is 0. The monoisotopic (exact) mass is 228 g/mol. The van der Waals surface area contributed by atoms with Gasteiger partial charge in [-0.2, -0.15) is 0 Å². The van der Waals surface area contributed by atoms with E-state index in [1.165, 1.54) is 5.57 Å². The van der Waals surface area contributed by atoms with Crippen molar-refractivity contribution in [2.75, 3.05) is 0 Å². The number of rotatable bonds is 4. The number of Topliss-reactive ketones (excluding diaryl/α,β-unsaturated/α-hetero) is 1. The summed E-state index contributed by atoms with van der Waals surface area (Å²) < 4.78 is 5.68. The van der Waals surface area contributed by atoms with E-state index in [0.29, 0.717) is 0 Å². The Hall–Kier alpha value is -1.41. The molecule has 1 fully saturated rings. The topological polar surface area (TPSA) is 29.6 Å². The molecule has 0 bridgehead atoms. The third kappa shape index (κ3) is 1.48. The zero-order chi connectivity index (χ0) is 12.0. The lowest BCUT2D eigenvalue weighted by molar-refractivity contribution is 0.0859. The van der Waals surface area contributed by atoms with Gasteiger partial charge in [0.25, 0.3) is 0 Å². The molecule has 1 heterocycles. The summed E-state index contributed by atoms with van der Waals surface area (Å²) in [4.78, 5) is 12.3. The number of carbonyl (C=O) groups is 1. The van der Waals surface area contributed by atoms with Gasteiger partial charge in [0, 0.05) is 5.56 Å². The molecule has 1 aromatic carbocycles. The van der Waals surface area contributed by atoms with Gasteiger partial charge in [-0.15, -0.1) is 6.58 Å². The molecule has 0 amide bonds. The van der Waals surface area contributed by atoms with E-state index in [1.807, 2.05) is 31.2 Å². The van der Waals surface area contributed by atoms with Crippen LogP contribution in [0.5, 0.6) is 0 Å². The number of ether oxygens (including phenoxy) is 1. The zero-order valence-corrected chi connectivity index (χ0v) is 10.0. The lowest BCUT2D eigenvalue weighted by Gasteiger charge is -2.07. The molecule has 88 valence electrons. The molecular formula is C15H16O2. The van der Waals surface area contributed by atoms with E-state index in [2.05, 4.69) is 6.58 Å². The fourth-order valence-electron chi connectivity index (χ4n) is 2.78. The highest BCUT2D eigenvalue weighted by Crippen LogP contribution is 2.60. The average molecular weight is 228 g/mol. The van der Waals surface area contributed by atoms with Crippen LogP contribution in [0.4, 0.5) is 0 Å². The number of carbonyl (C=O) groups excluding carboxylic acids is 1. The van der Waals surface area contributed by atoms with Crippen molar-refractivity contribution in [1.29, 1.82) is 0 Å². The molecule has 0 N–H and O–H groups in total. The quantitative estimate of drug-likeness (QED) is 0.583. The second kappa shape index (κ2) is 3.54. The number of fused-ring (bicyclic) bond motifs is 3. The van der Waals surface area contributed by atoms with Gasteiger partial charge < -0.3 is 4.74 Å². The van der Waals surface area contributed by atoms with Crippen molar-refractivity contribution in [3.8, 4) is 0 Å². The van der Waals surface area contributed by atoms with E-state index in [-0.39, 0.29) is 11.9 Å². The van der Waals surface area contributed by atoms with Crippen molar-refractivity contribution in [2.45, 2.75) is 37.9 Å². The van der Waals surface area contributed by atoms with Gasteiger partial charge in [-0.25, -0.2) is 0 Å². The van der Waals surface area contributed by atoms with E-state index in [9.17, 15) is 4.79 Å². The molecule has 2 unspecified atom stereocenters. The number of epoxide rings is 1. The third-order valence-corrected chi connectivity index (χ3v) is 3.72. The first-order valence-electron chi connectivity index (χ1n) is 6.11. The van der Waals surface area contributed by atoms with Crippen LogP contribution < -0.4 is 0 Å². The predicted octanol–water partition coefficient (Wildman–Crippen LogP) is 3.44. The van der Waals surface area contributed by atoms with Crippen molar-refractivity contribution in [3.05, 3.63) is 47.5 Å². The Morgan fingerprint density at radius 1 is 1.47 bits per heavy atom. The fraction of sp³-hybridized carbons (Fsp3) is 0.400. The molecule has 17 heavy (non-hydrogen) atoms. The zero-order valence-electron chi connectivity index (χ0n) is 10.0. The van der Waals surface area contributed by atoms with Crippen LogP contribution in [-0.4, -0.2) is 11.4 Å². The first-order chi connectivity index (χ1) is 8.15. The molecule has 0 radical (unpaired) electrons. The van der Waals surface area contributed by atoms with Crippen molar-refractivity contribution in [2.24, 2.45) is 0 Å². The summed E-state index contributed by atoms with van der Waals surface area (Å²) in [7, 11) is 0. The van der Waals surface area contributed by atoms with E-state index in [0.717, 1.165) is 30.4 Å². The molecule has 1 aliphatic heterocycles. The van der Waals surface area contributed by atoms with Gasteiger partial charge in [-0.05, 0) is 31.7 Å². The highest BCUT2D eigenvalue weighted by atomic mass is 16.6. The fourth-order valence-corrected chi connectivity index (χ4v) is 2.78. The van der Waals surface area contributed by atoms with Crippen LogP contribution in [0, 0.1) is 0 Å². The molecule has 0 spiro atoms. The maximum Gasteiger partial charge on any atom is 0.198 e. The van der Waals surface area contributed by atoms with Crippen molar-refractivity contribution in [1.82, 2.24) is 0 Å². The highest BCUT2D eigenvalue weighted by Gasteiger charge is 2.67. The normalized spacial score (nSPS) is 28.8. The van der Waals surface area contributed by atoms with Gasteiger partial charge in [-0.3, -0.25) is 4.79 Å². The molecule has 0 aromatic heterocycles. The molecular weight excluding hydrogens is 212 g/mol. The Bertz CT molecular complexity index is 503. The minimum absolute atomic E-state index is 0.0244. The van der Waals surface area contributed by atoms with Crippen LogP contribution in [-0.2, 0) is 4.74 Å². The van der Waals surface area contributed by atoms with Gasteiger partial charge in [0.05, 0.1) is 0 Å². The maximum atomic E-state index is 12.3. The summed E-state index contributed by atoms with van der Waals surface area (Å²) >= 11 is 0. The molecule has 1 saturated heterocycles. The minimum atomic E-state index is -0.515. The Morgan fingerprint density at radius 2 is 2.24 bits per heavy atom. The molecule has 2 atom stereocenters. The summed E-state index contributed by atoms with van der Waals surface area (Å²) in [5.74, 6) is 0.180. The standard InChI is InChI=1S/C15H16O2/c1-10(2)6-5-9-15-13(16)11-7-3-4-8-12(11)14(15)17-15/h3-4,7-8,14H,1,5-6,9H2,2H3.